The van der Waals surface area contributed by atoms with Crippen molar-refractivity contribution in [2.45, 2.75) is 83.6 Å². The van der Waals surface area contributed by atoms with Crippen molar-refractivity contribution in [3.05, 3.63) is 0 Å². The Hall–Kier alpha value is -1.26. The minimum absolute atomic E-state index is 0.0781. The van der Waals surface area contributed by atoms with Gasteiger partial charge in [0.15, 0.2) is 0 Å². The number of rotatable bonds is 7. The number of likely N-dealkylation sites (tertiary alicyclic amines) is 1. The molecular weight excluding hydrogens is 444 g/mol. The first-order chi connectivity index (χ1) is 16.7. The molecule has 9 heteroatoms. The van der Waals surface area contributed by atoms with Crippen LogP contribution in [0.4, 0.5) is 0 Å². The highest BCUT2D eigenvalue weighted by Crippen LogP contribution is 2.38. The van der Waals surface area contributed by atoms with E-state index in [-0.39, 0.29) is 35.5 Å². The summed E-state index contributed by atoms with van der Waals surface area (Å²) in [6, 6.07) is 0.630. The molecule has 0 aromatic rings. The molecule has 0 bridgehead atoms. The van der Waals surface area contributed by atoms with Gasteiger partial charge in [-0.1, -0.05) is 20.8 Å². The fourth-order valence-corrected chi connectivity index (χ4v) is 6.41. The lowest BCUT2D eigenvalue weighted by molar-refractivity contribution is -0.129. The molecule has 4 rings (SSSR count). The number of carbonyl (C=O) groups is 2. The average Bonchev–Trinajstić information content (AvgIpc) is 3.19. The molecule has 0 radical (unpaired) electrons. The SMILES string of the molecule is CN1C(C(=O)NCCCN2CCOCC2)CC2C(C3CCC(NC(=O)C(C)(C)C)CC3)NCNC21. The Morgan fingerprint density at radius 1 is 1.06 bits per heavy atom. The van der Waals surface area contributed by atoms with Crippen molar-refractivity contribution in [3.63, 3.8) is 0 Å². The topological polar surface area (TPSA) is 98.0 Å². The third-order valence-electron chi connectivity index (χ3n) is 8.59. The van der Waals surface area contributed by atoms with Crippen molar-refractivity contribution in [3.8, 4) is 0 Å². The number of ether oxygens (including phenoxy) is 1. The molecule has 1 saturated carbocycles. The van der Waals surface area contributed by atoms with Crippen LogP contribution in [0.2, 0.25) is 0 Å². The van der Waals surface area contributed by atoms with Crippen LogP contribution in [0.15, 0.2) is 0 Å². The first kappa shape index (κ1) is 26.8. The summed E-state index contributed by atoms with van der Waals surface area (Å²) in [7, 11) is 2.09. The van der Waals surface area contributed by atoms with Crippen molar-refractivity contribution in [2.75, 3.05) is 53.1 Å². The predicted octanol–water partition coefficient (Wildman–Crippen LogP) is 0.711. The van der Waals surface area contributed by atoms with Gasteiger partial charge >= 0.3 is 0 Å². The van der Waals surface area contributed by atoms with Crippen molar-refractivity contribution in [1.82, 2.24) is 31.1 Å². The van der Waals surface area contributed by atoms with Gasteiger partial charge in [0.05, 0.1) is 25.4 Å². The molecule has 2 amide bonds. The van der Waals surface area contributed by atoms with E-state index in [1.165, 1.54) is 0 Å². The highest BCUT2D eigenvalue weighted by molar-refractivity contribution is 5.82. The number of fused-ring (bicyclic) bond motifs is 1. The van der Waals surface area contributed by atoms with E-state index in [1.807, 2.05) is 20.8 Å². The van der Waals surface area contributed by atoms with Gasteiger partial charge in [0.25, 0.3) is 0 Å². The second-order valence-electron chi connectivity index (χ2n) is 12.1. The molecule has 4 unspecified atom stereocenters. The Morgan fingerprint density at radius 3 is 2.46 bits per heavy atom. The number of carbonyl (C=O) groups excluding carboxylic acids is 2. The van der Waals surface area contributed by atoms with Crippen molar-refractivity contribution in [2.24, 2.45) is 17.3 Å². The van der Waals surface area contributed by atoms with E-state index in [9.17, 15) is 9.59 Å². The van der Waals surface area contributed by atoms with Crippen LogP contribution < -0.4 is 21.3 Å². The molecule has 35 heavy (non-hydrogen) atoms. The largest absolute Gasteiger partial charge is 0.379 e. The zero-order chi connectivity index (χ0) is 25.0. The maximum Gasteiger partial charge on any atom is 0.237 e. The molecular formula is C26H48N6O3. The van der Waals surface area contributed by atoms with E-state index in [2.05, 4.69) is 38.1 Å². The standard InChI is InChI=1S/C26H48N6O3/c1-26(2,3)25(34)30-19-8-6-18(7-9-19)22-20-16-21(31(4)23(20)29-17-28-22)24(33)27-10-5-11-32-12-14-35-15-13-32/h18-23,28-29H,5-17H2,1-4H3,(H,27,33)(H,30,34). The highest BCUT2D eigenvalue weighted by atomic mass is 16.5. The normalized spacial score (nSPS) is 34.9. The van der Waals surface area contributed by atoms with E-state index >= 15 is 0 Å². The third-order valence-corrected chi connectivity index (χ3v) is 8.59. The van der Waals surface area contributed by atoms with Gasteiger partial charge in [0, 0.05) is 49.7 Å². The minimum Gasteiger partial charge on any atom is -0.379 e. The summed E-state index contributed by atoms with van der Waals surface area (Å²) in [6.07, 6.45) is 6.44. The highest BCUT2D eigenvalue weighted by Gasteiger charge is 2.49. The molecule has 4 atom stereocenters. The molecule has 9 nitrogen and oxygen atoms in total. The first-order valence-electron chi connectivity index (χ1n) is 13.8. The fourth-order valence-electron chi connectivity index (χ4n) is 6.41. The maximum absolute atomic E-state index is 13.1. The second kappa shape index (κ2) is 11.9. The van der Waals surface area contributed by atoms with Crippen LogP contribution in [0, 0.1) is 17.3 Å². The van der Waals surface area contributed by atoms with Crippen LogP contribution in [0.25, 0.3) is 0 Å². The first-order valence-corrected chi connectivity index (χ1v) is 13.8. The van der Waals surface area contributed by atoms with Crippen LogP contribution in [-0.4, -0.2) is 99.0 Å². The molecule has 4 fully saturated rings. The zero-order valence-electron chi connectivity index (χ0n) is 22.3. The van der Waals surface area contributed by atoms with Gasteiger partial charge in [-0.3, -0.25) is 24.7 Å². The Kier molecular flexibility index (Phi) is 9.08. The van der Waals surface area contributed by atoms with Crippen molar-refractivity contribution < 1.29 is 14.3 Å². The lowest BCUT2D eigenvalue weighted by Crippen LogP contribution is -2.62. The Bertz CT molecular complexity index is 714. The summed E-state index contributed by atoms with van der Waals surface area (Å²) in [5, 5.41) is 13.8. The van der Waals surface area contributed by atoms with E-state index in [4.69, 9.17) is 4.74 Å². The summed E-state index contributed by atoms with van der Waals surface area (Å²) >= 11 is 0. The van der Waals surface area contributed by atoms with Gasteiger partial charge in [0.1, 0.15) is 0 Å². The summed E-state index contributed by atoms with van der Waals surface area (Å²) in [5.74, 6) is 1.33. The van der Waals surface area contributed by atoms with Gasteiger partial charge in [0.2, 0.25) is 11.8 Å². The number of nitrogens with one attached hydrogen (secondary N) is 4. The van der Waals surface area contributed by atoms with Crippen molar-refractivity contribution in [1.29, 1.82) is 0 Å². The fraction of sp³-hybridized carbons (Fsp3) is 0.923. The number of nitrogens with zero attached hydrogens (tertiary/aromatic N) is 2. The van der Waals surface area contributed by atoms with Gasteiger partial charge in [-0.2, -0.15) is 0 Å². The lowest BCUT2D eigenvalue weighted by atomic mass is 9.75. The summed E-state index contributed by atoms with van der Waals surface area (Å²) in [4.78, 5) is 30.1. The van der Waals surface area contributed by atoms with E-state index in [1.54, 1.807) is 0 Å². The van der Waals surface area contributed by atoms with Crippen LogP contribution in [0.3, 0.4) is 0 Å². The summed E-state index contributed by atoms with van der Waals surface area (Å²) in [5.41, 5.74) is -0.340. The van der Waals surface area contributed by atoms with Gasteiger partial charge < -0.3 is 20.7 Å². The molecule has 3 saturated heterocycles. The molecule has 0 spiro atoms. The van der Waals surface area contributed by atoms with Gasteiger partial charge in [-0.15, -0.1) is 0 Å². The Morgan fingerprint density at radius 2 is 1.77 bits per heavy atom. The average molecular weight is 493 g/mol. The quantitative estimate of drug-likeness (QED) is 0.389. The molecule has 3 heterocycles. The van der Waals surface area contributed by atoms with Gasteiger partial charge in [-0.05, 0) is 58.0 Å². The Balaban J connectivity index is 1.24. The Labute approximate surface area is 211 Å². The maximum atomic E-state index is 13.1. The van der Waals surface area contributed by atoms with E-state index in [0.29, 0.717) is 17.9 Å². The van der Waals surface area contributed by atoms with Crippen LogP contribution in [0.1, 0.15) is 59.3 Å². The summed E-state index contributed by atoms with van der Waals surface area (Å²) < 4.78 is 5.41. The summed E-state index contributed by atoms with van der Waals surface area (Å²) in [6.45, 7) is 12.1. The second-order valence-corrected chi connectivity index (χ2v) is 12.1. The number of amides is 2. The molecule has 200 valence electrons. The number of hydrogen-bond donors (Lipinski definition) is 4. The monoisotopic (exact) mass is 492 g/mol. The zero-order valence-corrected chi connectivity index (χ0v) is 22.3. The van der Waals surface area contributed by atoms with Crippen LogP contribution >= 0.6 is 0 Å². The predicted molar refractivity (Wildman–Crippen MR) is 137 cm³/mol. The smallest absolute Gasteiger partial charge is 0.237 e. The molecule has 0 aromatic carbocycles. The number of morpholine rings is 1. The molecule has 4 N–H and O–H groups in total. The van der Waals surface area contributed by atoms with E-state index < -0.39 is 0 Å². The van der Waals surface area contributed by atoms with Gasteiger partial charge in [-0.25, -0.2) is 0 Å². The molecule has 4 aliphatic rings. The minimum atomic E-state index is -0.340. The molecule has 3 aliphatic heterocycles. The number of likely N-dealkylation sites (N-methyl/N-ethyl adjacent to an activating group) is 1. The third kappa shape index (κ3) is 6.74. The molecule has 0 aromatic heterocycles. The van der Waals surface area contributed by atoms with E-state index in [0.717, 1.165) is 84.6 Å². The van der Waals surface area contributed by atoms with Crippen LogP contribution in [-0.2, 0) is 14.3 Å². The molecule has 1 aliphatic carbocycles. The number of hydrogen-bond acceptors (Lipinski definition) is 7. The van der Waals surface area contributed by atoms with Crippen molar-refractivity contribution >= 4 is 11.8 Å². The van der Waals surface area contributed by atoms with Crippen LogP contribution in [0.5, 0.6) is 0 Å². The lowest BCUT2D eigenvalue weighted by Gasteiger charge is -2.43.